The summed E-state index contributed by atoms with van der Waals surface area (Å²) in [4.78, 5) is 11.9. The van der Waals surface area contributed by atoms with Gasteiger partial charge in [-0.3, -0.25) is 9.48 Å². The lowest BCUT2D eigenvalue weighted by molar-refractivity contribution is -0.122. The molecule has 0 spiro atoms. The molecule has 0 aliphatic carbocycles. The van der Waals surface area contributed by atoms with Gasteiger partial charge in [-0.2, -0.15) is 0 Å². The van der Waals surface area contributed by atoms with E-state index in [0.717, 1.165) is 0 Å². The van der Waals surface area contributed by atoms with E-state index in [1.165, 1.54) is 12.1 Å². The average molecular weight is 320 g/mol. The number of hydrogen-bond donors (Lipinski definition) is 2. The quantitative estimate of drug-likeness (QED) is 0.777. The van der Waals surface area contributed by atoms with Crippen molar-refractivity contribution in [2.45, 2.75) is 44.9 Å². The zero-order valence-electron chi connectivity index (χ0n) is 13.0. The number of carbonyl (C=O) groups excluding carboxylic acids is 1. The molecular weight excluding hydrogens is 299 g/mol. The fourth-order valence-electron chi connectivity index (χ4n) is 2.32. The smallest absolute Gasteiger partial charge is 0.220 e. The van der Waals surface area contributed by atoms with Crippen LogP contribution in [-0.2, 0) is 11.3 Å². The van der Waals surface area contributed by atoms with Gasteiger partial charge in [0, 0.05) is 25.2 Å². The summed E-state index contributed by atoms with van der Waals surface area (Å²) in [6, 6.07) is 5.55. The van der Waals surface area contributed by atoms with Crippen LogP contribution < -0.4 is 5.32 Å². The van der Waals surface area contributed by atoms with Crippen molar-refractivity contribution < 1.29 is 14.3 Å². The van der Waals surface area contributed by atoms with Crippen molar-refractivity contribution in [3.63, 3.8) is 0 Å². The third-order valence-electron chi connectivity index (χ3n) is 3.50. The first kappa shape index (κ1) is 17.1. The van der Waals surface area contributed by atoms with Crippen LogP contribution in [0.1, 0.15) is 37.9 Å². The minimum atomic E-state index is -0.735. The van der Waals surface area contributed by atoms with Crippen molar-refractivity contribution in [2.24, 2.45) is 0 Å². The average Bonchev–Trinajstić information content (AvgIpc) is 3.01. The van der Waals surface area contributed by atoms with Crippen molar-refractivity contribution in [2.75, 3.05) is 0 Å². The van der Waals surface area contributed by atoms with Crippen LogP contribution in [0.25, 0.3) is 0 Å². The number of amides is 1. The molecule has 0 saturated carbocycles. The van der Waals surface area contributed by atoms with E-state index < -0.39 is 6.10 Å². The molecule has 0 bridgehead atoms. The molecule has 1 heterocycles. The van der Waals surface area contributed by atoms with Gasteiger partial charge >= 0.3 is 0 Å². The minimum absolute atomic E-state index is 0.0658. The Balaban J connectivity index is 1.69. The fourth-order valence-corrected chi connectivity index (χ4v) is 2.32. The lowest BCUT2D eigenvalue weighted by Crippen LogP contribution is -2.33. The van der Waals surface area contributed by atoms with E-state index in [1.807, 2.05) is 6.92 Å². The summed E-state index contributed by atoms with van der Waals surface area (Å²) in [7, 11) is 0. The first-order chi connectivity index (χ1) is 11.0. The second-order valence-electron chi connectivity index (χ2n) is 5.54. The number of carbonyl (C=O) groups is 1. The van der Waals surface area contributed by atoms with Crippen LogP contribution in [0.5, 0.6) is 0 Å². The van der Waals surface area contributed by atoms with Gasteiger partial charge in [-0.25, -0.2) is 4.39 Å². The lowest BCUT2D eigenvalue weighted by atomic mass is 10.0. The van der Waals surface area contributed by atoms with E-state index in [1.54, 1.807) is 29.2 Å². The zero-order valence-corrected chi connectivity index (χ0v) is 13.0. The van der Waals surface area contributed by atoms with E-state index >= 15 is 0 Å². The summed E-state index contributed by atoms with van der Waals surface area (Å²) in [5, 5.41) is 20.5. The van der Waals surface area contributed by atoms with Crippen LogP contribution in [0.15, 0.2) is 36.7 Å². The highest BCUT2D eigenvalue weighted by Gasteiger charge is 2.14. The number of rotatable bonds is 8. The van der Waals surface area contributed by atoms with Gasteiger partial charge in [0.15, 0.2) is 0 Å². The highest BCUT2D eigenvalue weighted by molar-refractivity contribution is 5.76. The third-order valence-corrected chi connectivity index (χ3v) is 3.50. The molecule has 0 aliphatic heterocycles. The van der Waals surface area contributed by atoms with E-state index in [0.29, 0.717) is 31.4 Å². The van der Waals surface area contributed by atoms with E-state index in [-0.39, 0.29) is 17.8 Å². The number of nitrogens with zero attached hydrogens (tertiary/aromatic N) is 3. The molecule has 6 nitrogen and oxygen atoms in total. The fraction of sp³-hybridized carbons (Fsp3) is 0.438. The summed E-state index contributed by atoms with van der Waals surface area (Å²) in [5.74, 6) is -0.404. The Morgan fingerprint density at radius 1 is 1.39 bits per heavy atom. The Bertz CT molecular complexity index is 601. The first-order valence-corrected chi connectivity index (χ1v) is 7.61. The SMILES string of the molecule is CC(CC(O)c1ccc(F)cc1)NC(=O)CCCn1ccnn1. The van der Waals surface area contributed by atoms with Crippen molar-refractivity contribution >= 4 is 5.91 Å². The molecule has 2 rings (SSSR count). The van der Waals surface area contributed by atoms with Gasteiger partial charge in [0.05, 0.1) is 12.3 Å². The summed E-state index contributed by atoms with van der Waals surface area (Å²) < 4.78 is 14.5. The highest BCUT2D eigenvalue weighted by Crippen LogP contribution is 2.18. The van der Waals surface area contributed by atoms with Crippen molar-refractivity contribution in [1.29, 1.82) is 0 Å². The van der Waals surface area contributed by atoms with Crippen LogP contribution in [0.3, 0.4) is 0 Å². The van der Waals surface area contributed by atoms with Crippen LogP contribution in [0.4, 0.5) is 4.39 Å². The van der Waals surface area contributed by atoms with E-state index in [9.17, 15) is 14.3 Å². The predicted octanol–water partition coefficient (Wildman–Crippen LogP) is 1.83. The van der Waals surface area contributed by atoms with Gasteiger partial charge < -0.3 is 10.4 Å². The van der Waals surface area contributed by atoms with Gasteiger partial charge in [-0.15, -0.1) is 5.10 Å². The molecule has 2 unspecified atom stereocenters. The molecule has 2 aromatic rings. The Labute approximate surface area is 134 Å². The molecule has 0 saturated heterocycles. The summed E-state index contributed by atoms with van der Waals surface area (Å²) >= 11 is 0. The van der Waals surface area contributed by atoms with Crippen molar-refractivity contribution in [1.82, 2.24) is 20.3 Å². The van der Waals surface area contributed by atoms with E-state index in [4.69, 9.17) is 0 Å². The Morgan fingerprint density at radius 2 is 2.13 bits per heavy atom. The molecule has 23 heavy (non-hydrogen) atoms. The molecule has 1 aromatic heterocycles. The second-order valence-corrected chi connectivity index (χ2v) is 5.54. The number of nitrogens with one attached hydrogen (secondary N) is 1. The summed E-state index contributed by atoms with van der Waals surface area (Å²) in [6.45, 7) is 2.47. The van der Waals surface area contributed by atoms with Crippen molar-refractivity contribution in [3.05, 3.63) is 48.0 Å². The van der Waals surface area contributed by atoms with Gasteiger partial charge in [0.1, 0.15) is 5.82 Å². The second kappa shape index (κ2) is 8.38. The molecule has 1 amide bonds. The molecular formula is C16H21FN4O2. The van der Waals surface area contributed by atoms with Gasteiger partial charge in [-0.05, 0) is 37.5 Å². The third kappa shape index (κ3) is 5.78. The maximum Gasteiger partial charge on any atom is 0.220 e. The lowest BCUT2D eigenvalue weighted by Gasteiger charge is -2.18. The van der Waals surface area contributed by atoms with Crippen LogP contribution in [0, 0.1) is 5.82 Å². The summed E-state index contributed by atoms with van der Waals surface area (Å²) in [6.07, 6.45) is 4.04. The van der Waals surface area contributed by atoms with Crippen molar-refractivity contribution in [3.8, 4) is 0 Å². The standard InChI is InChI=1S/C16H21FN4O2/c1-12(11-15(22)13-4-6-14(17)7-5-13)19-16(23)3-2-9-21-10-8-18-20-21/h4-8,10,12,15,22H,2-3,9,11H2,1H3,(H,19,23). The minimum Gasteiger partial charge on any atom is -0.388 e. The molecule has 124 valence electrons. The highest BCUT2D eigenvalue weighted by atomic mass is 19.1. The Hall–Kier alpha value is -2.28. The molecule has 0 fully saturated rings. The Morgan fingerprint density at radius 3 is 2.78 bits per heavy atom. The molecule has 0 radical (unpaired) electrons. The van der Waals surface area contributed by atoms with Crippen LogP contribution in [0.2, 0.25) is 0 Å². The number of halogens is 1. The van der Waals surface area contributed by atoms with Gasteiger partial charge in [0.2, 0.25) is 5.91 Å². The normalized spacial score (nSPS) is 13.5. The van der Waals surface area contributed by atoms with Crippen LogP contribution in [-0.4, -0.2) is 32.0 Å². The molecule has 1 aromatic carbocycles. The van der Waals surface area contributed by atoms with Gasteiger partial charge in [0.25, 0.3) is 0 Å². The largest absolute Gasteiger partial charge is 0.388 e. The molecule has 2 N–H and O–H groups in total. The number of aliphatic hydroxyl groups is 1. The maximum absolute atomic E-state index is 12.9. The number of aliphatic hydroxyl groups excluding tert-OH is 1. The Kier molecular flexibility index (Phi) is 6.22. The first-order valence-electron chi connectivity index (χ1n) is 7.61. The van der Waals surface area contributed by atoms with Crippen LogP contribution >= 0.6 is 0 Å². The number of hydrogen-bond acceptors (Lipinski definition) is 4. The van der Waals surface area contributed by atoms with E-state index in [2.05, 4.69) is 15.6 Å². The summed E-state index contributed by atoms with van der Waals surface area (Å²) in [5.41, 5.74) is 0.638. The molecule has 7 heteroatoms. The predicted molar refractivity (Wildman–Crippen MR) is 82.8 cm³/mol. The zero-order chi connectivity index (χ0) is 16.7. The molecule has 2 atom stereocenters. The number of aromatic nitrogens is 3. The maximum atomic E-state index is 12.9. The monoisotopic (exact) mass is 320 g/mol. The van der Waals surface area contributed by atoms with Gasteiger partial charge in [-0.1, -0.05) is 17.3 Å². The number of benzene rings is 1. The molecule has 0 aliphatic rings. The topological polar surface area (TPSA) is 80.0 Å². The number of aryl methyl sites for hydroxylation is 1.